The zero-order valence-electron chi connectivity index (χ0n) is 11.7. The van der Waals surface area contributed by atoms with Crippen LogP contribution in [0, 0.1) is 5.92 Å². The third kappa shape index (κ3) is 1.91. The van der Waals surface area contributed by atoms with E-state index in [2.05, 4.69) is 72.4 Å². The second-order valence-corrected chi connectivity index (χ2v) is 7.45. The average molecular weight is 280 g/mol. The summed E-state index contributed by atoms with van der Waals surface area (Å²) in [5, 5.41) is 0.779. The molecule has 1 heteroatoms. The summed E-state index contributed by atoms with van der Waals surface area (Å²) in [4.78, 5) is 1.43. The second kappa shape index (κ2) is 4.96. The van der Waals surface area contributed by atoms with Crippen LogP contribution < -0.4 is 0 Å². The summed E-state index contributed by atoms with van der Waals surface area (Å²) in [7, 11) is 0. The molecule has 0 heterocycles. The van der Waals surface area contributed by atoms with Crippen LogP contribution in [0.4, 0.5) is 0 Å². The minimum atomic E-state index is 0.449. The number of hydrogen-bond donors (Lipinski definition) is 0. The standard InChI is InChI=1S/C19H20S/c1-3-9-16(10-4-1)19-13-7-8-15(14-19)18(19)20-17-11-5-2-6-12-17/h1-6,9-12,15,18H,7-8,13-14H2. The smallest absolute Gasteiger partial charge is 0.0220 e. The summed E-state index contributed by atoms with van der Waals surface area (Å²) in [6.45, 7) is 0. The first kappa shape index (κ1) is 12.5. The van der Waals surface area contributed by atoms with Crippen molar-refractivity contribution in [1.29, 1.82) is 0 Å². The molecule has 2 aliphatic rings. The zero-order valence-corrected chi connectivity index (χ0v) is 12.5. The lowest BCUT2D eigenvalue weighted by atomic mass is 9.51. The molecule has 3 atom stereocenters. The van der Waals surface area contributed by atoms with E-state index in [1.165, 1.54) is 30.6 Å². The van der Waals surface area contributed by atoms with Gasteiger partial charge in [0, 0.05) is 15.6 Å². The molecule has 0 aliphatic heterocycles. The maximum Gasteiger partial charge on any atom is 0.0220 e. The molecular formula is C19H20S. The largest absolute Gasteiger partial charge is 0.122 e. The van der Waals surface area contributed by atoms with Crippen LogP contribution >= 0.6 is 11.8 Å². The Morgan fingerprint density at radius 1 is 0.900 bits per heavy atom. The molecule has 4 rings (SSSR count). The Morgan fingerprint density at radius 2 is 1.60 bits per heavy atom. The van der Waals surface area contributed by atoms with Gasteiger partial charge < -0.3 is 0 Å². The van der Waals surface area contributed by atoms with Gasteiger partial charge in [0.25, 0.3) is 0 Å². The van der Waals surface area contributed by atoms with Crippen LogP contribution in [-0.4, -0.2) is 5.25 Å². The van der Waals surface area contributed by atoms with Crippen LogP contribution in [0.15, 0.2) is 65.6 Å². The fraction of sp³-hybridized carbons (Fsp3) is 0.368. The Kier molecular flexibility index (Phi) is 3.11. The summed E-state index contributed by atoms with van der Waals surface area (Å²) in [6, 6.07) is 22.2. The van der Waals surface area contributed by atoms with Crippen molar-refractivity contribution >= 4 is 11.8 Å². The van der Waals surface area contributed by atoms with E-state index >= 15 is 0 Å². The quantitative estimate of drug-likeness (QED) is 0.736. The average Bonchev–Trinajstić information content (AvgIpc) is 2.55. The van der Waals surface area contributed by atoms with Crippen LogP contribution in [0.25, 0.3) is 0 Å². The van der Waals surface area contributed by atoms with E-state index in [9.17, 15) is 0 Å². The Balaban J connectivity index is 1.65. The molecule has 102 valence electrons. The molecule has 20 heavy (non-hydrogen) atoms. The first-order chi connectivity index (χ1) is 9.88. The lowest BCUT2D eigenvalue weighted by Crippen LogP contribution is -2.57. The van der Waals surface area contributed by atoms with Gasteiger partial charge in [-0.25, -0.2) is 0 Å². The highest BCUT2D eigenvalue weighted by Gasteiger charge is 2.56. The van der Waals surface area contributed by atoms with E-state index in [0.29, 0.717) is 5.41 Å². The summed E-state index contributed by atoms with van der Waals surface area (Å²) in [6.07, 6.45) is 5.62. The third-order valence-corrected chi connectivity index (χ3v) is 6.79. The molecule has 0 N–H and O–H groups in total. The van der Waals surface area contributed by atoms with E-state index in [0.717, 1.165) is 11.2 Å². The summed E-state index contributed by atoms with van der Waals surface area (Å²) in [5.74, 6) is 0.925. The van der Waals surface area contributed by atoms with Gasteiger partial charge in [-0.05, 0) is 42.9 Å². The fourth-order valence-corrected chi connectivity index (χ4v) is 5.82. The molecular weight excluding hydrogens is 260 g/mol. The monoisotopic (exact) mass is 280 g/mol. The molecule has 3 unspecified atom stereocenters. The molecule has 0 amide bonds. The summed E-state index contributed by atoms with van der Waals surface area (Å²) in [5.41, 5.74) is 2.02. The van der Waals surface area contributed by atoms with E-state index in [1.807, 2.05) is 0 Å². The first-order valence-corrected chi connectivity index (χ1v) is 8.54. The van der Waals surface area contributed by atoms with Gasteiger partial charge in [-0.2, -0.15) is 0 Å². The van der Waals surface area contributed by atoms with E-state index in [-0.39, 0.29) is 0 Å². The number of thioether (sulfide) groups is 1. The summed E-state index contributed by atoms with van der Waals surface area (Å²) < 4.78 is 0. The highest BCUT2D eigenvalue weighted by atomic mass is 32.2. The van der Waals surface area contributed by atoms with Crippen molar-refractivity contribution in [3.63, 3.8) is 0 Å². The maximum absolute atomic E-state index is 2.35. The summed E-state index contributed by atoms with van der Waals surface area (Å²) >= 11 is 2.12. The predicted octanol–water partition coefficient (Wildman–Crippen LogP) is 5.29. The minimum Gasteiger partial charge on any atom is -0.122 e. The van der Waals surface area contributed by atoms with Crippen LogP contribution in [0.2, 0.25) is 0 Å². The highest BCUT2D eigenvalue weighted by molar-refractivity contribution is 8.00. The van der Waals surface area contributed by atoms with Crippen molar-refractivity contribution in [2.75, 3.05) is 0 Å². The molecule has 2 aliphatic carbocycles. The molecule has 2 aromatic rings. The van der Waals surface area contributed by atoms with Gasteiger partial charge in [0.15, 0.2) is 0 Å². The first-order valence-electron chi connectivity index (χ1n) is 7.66. The van der Waals surface area contributed by atoms with Crippen LogP contribution in [0.3, 0.4) is 0 Å². The van der Waals surface area contributed by atoms with Gasteiger partial charge in [0.2, 0.25) is 0 Å². The van der Waals surface area contributed by atoms with Gasteiger partial charge in [0.1, 0.15) is 0 Å². The molecule has 0 aromatic heterocycles. The second-order valence-electron chi connectivity index (χ2n) is 6.23. The van der Waals surface area contributed by atoms with Crippen molar-refractivity contribution in [3.05, 3.63) is 66.2 Å². The van der Waals surface area contributed by atoms with Crippen LogP contribution in [0.1, 0.15) is 31.2 Å². The normalized spacial score (nSPS) is 31.6. The molecule has 2 aromatic carbocycles. The van der Waals surface area contributed by atoms with Crippen molar-refractivity contribution in [2.24, 2.45) is 5.92 Å². The SMILES string of the molecule is c1ccc(SC2C3CCCC2(c2ccccc2)C3)cc1. The number of rotatable bonds is 3. The van der Waals surface area contributed by atoms with Crippen molar-refractivity contribution in [3.8, 4) is 0 Å². The highest BCUT2D eigenvalue weighted by Crippen LogP contribution is 2.62. The predicted molar refractivity (Wildman–Crippen MR) is 86.2 cm³/mol. The maximum atomic E-state index is 2.35. The van der Waals surface area contributed by atoms with E-state index in [4.69, 9.17) is 0 Å². The molecule has 0 saturated heterocycles. The van der Waals surface area contributed by atoms with Gasteiger partial charge in [0.05, 0.1) is 0 Å². The van der Waals surface area contributed by atoms with E-state index in [1.54, 1.807) is 5.56 Å². The van der Waals surface area contributed by atoms with E-state index < -0.39 is 0 Å². The van der Waals surface area contributed by atoms with Gasteiger partial charge in [-0.15, -0.1) is 11.8 Å². The Bertz CT molecular complexity index is 573. The zero-order chi connectivity index (χ0) is 13.4. The van der Waals surface area contributed by atoms with Gasteiger partial charge in [-0.3, -0.25) is 0 Å². The van der Waals surface area contributed by atoms with Crippen LogP contribution in [-0.2, 0) is 5.41 Å². The minimum absolute atomic E-state index is 0.449. The topological polar surface area (TPSA) is 0 Å². The number of benzene rings is 2. The lowest BCUT2D eigenvalue weighted by Gasteiger charge is -2.59. The van der Waals surface area contributed by atoms with Gasteiger partial charge in [-0.1, -0.05) is 55.0 Å². The molecule has 0 nitrogen and oxygen atoms in total. The fourth-order valence-electron chi connectivity index (χ4n) is 4.21. The molecule has 2 bridgehead atoms. The van der Waals surface area contributed by atoms with Crippen LogP contribution in [0.5, 0.6) is 0 Å². The Hall–Kier alpha value is -1.21. The molecule has 2 saturated carbocycles. The number of hydrogen-bond acceptors (Lipinski definition) is 1. The number of fused-ring (bicyclic) bond motifs is 2. The Morgan fingerprint density at radius 3 is 2.30 bits per heavy atom. The molecule has 2 fully saturated rings. The molecule has 0 radical (unpaired) electrons. The van der Waals surface area contributed by atoms with Crippen molar-refractivity contribution < 1.29 is 0 Å². The van der Waals surface area contributed by atoms with Gasteiger partial charge >= 0.3 is 0 Å². The third-order valence-electron chi connectivity index (χ3n) is 5.15. The molecule has 0 spiro atoms. The van der Waals surface area contributed by atoms with Crippen molar-refractivity contribution in [2.45, 2.75) is 41.2 Å². The Labute approximate surface area is 125 Å². The lowest BCUT2D eigenvalue weighted by molar-refractivity contribution is 0.0833. The van der Waals surface area contributed by atoms with Crippen molar-refractivity contribution in [1.82, 2.24) is 0 Å².